The number of aryl methyl sites for hydroxylation is 1. The largest absolute Gasteiger partial charge is 0.372 e. The fourth-order valence-corrected chi connectivity index (χ4v) is 3.31. The molecule has 2 rings (SSSR count). The minimum atomic E-state index is -0.0809. The van der Waals surface area contributed by atoms with Gasteiger partial charge in [-0.05, 0) is 46.6 Å². The maximum atomic E-state index is 6.03. The molecular formula is C16H19BrClN3. The second-order valence-electron chi connectivity index (χ2n) is 6.02. The quantitative estimate of drug-likeness (QED) is 0.791. The summed E-state index contributed by atoms with van der Waals surface area (Å²) in [5.41, 5.74) is 2.95. The molecule has 21 heavy (non-hydrogen) atoms. The van der Waals surface area contributed by atoms with E-state index in [9.17, 15) is 0 Å². The van der Waals surface area contributed by atoms with Crippen LogP contribution in [0.15, 0.2) is 22.7 Å². The van der Waals surface area contributed by atoms with Gasteiger partial charge in [-0.2, -0.15) is 0 Å². The third-order valence-corrected chi connectivity index (χ3v) is 4.21. The van der Waals surface area contributed by atoms with E-state index in [-0.39, 0.29) is 5.41 Å². The molecule has 0 unspecified atom stereocenters. The highest BCUT2D eigenvalue weighted by atomic mass is 79.9. The number of halogens is 2. The highest BCUT2D eigenvalue weighted by Gasteiger charge is 2.23. The fraction of sp³-hybridized carbons (Fsp3) is 0.375. The molecular weight excluding hydrogens is 350 g/mol. The van der Waals surface area contributed by atoms with Gasteiger partial charge in [-0.1, -0.05) is 32.4 Å². The summed E-state index contributed by atoms with van der Waals surface area (Å²) in [7, 11) is 1.86. The molecule has 0 aliphatic carbocycles. The lowest BCUT2D eigenvalue weighted by Gasteiger charge is -2.22. The van der Waals surface area contributed by atoms with E-state index < -0.39 is 0 Å². The van der Waals surface area contributed by atoms with Crippen molar-refractivity contribution in [2.24, 2.45) is 0 Å². The van der Waals surface area contributed by atoms with Gasteiger partial charge in [0.15, 0.2) is 5.82 Å². The van der Waals surface area contributed by atoms with E-state index in [0.717, 1.165) is 32.1 Å². The average Bonchev–Trinajstić information content (AvgIpc) is 2.38. The van der Waals surface area contributed by atoms with Crippen molar-refractivity contribution in [3.05, 3.63) is 39.0 Å². The second-order valence-corrected chi connectivity index (χ2v) is 7.25. The Morgan fingerprint density at radius 2 is 1.86 bits per heavy atom. The Balaban J connectivity index is 2.70. The second kappa shape index (κ2) is 5.93. The van der Waals surface area contributed by atoms with Gasteiger partial charge in [0.1, 0.15) is 5.82 Å². The molecule has 0 spiro atoms. The predicted molar refractivity (Wildman–Crippen MR) is 93.2 cm³/mol. The van der Waals surface area contributed by atoms with E-state index >= 15 is 0 Å². The zero-order valence-electron chi connectivity index (χ0n) is 12.9. The summed E-state index contributed by atoms with van der Waals surface area (Å²) in [5.74, 6) is 1.50. The number of nitrogens with one attached hydrogen (secondary N) is 1. The smallest absolute Gasteiger partial charge is 0.162 e. The average molecular weight is 369 g/mol. The van der Waals surface area contributed by atoms with Crippen molar-refractivity contribution >= 4 is 33.3 Å². The topological polar surface area (TPSA) is 37.8 Å². The highest BCUT2D eigenvalue weighted by molar-refractivity contribution is 9.10. The molecule has 3 nitrogen and oxygen atoms in total. The summed E-state index contributed by atoms with van der Waals surface area (Å²) in [6.45, 7) is 8.43. The highest BCUT2D eigenvalue weighted by Crippen LogP contribution is 2.35. The maximum absolute atomic E-state index is 6.03. The molecule has 0 radical (unpaired) electrons. The number of benzene rings is 1. The van der Waals surface area contributed by atoms with E-state index in [4.69, 9.17) is 16.6 Å². The van der Waals surface area contributed by atoms with E-state index in [1.165, 1.54) is 0 Å². The lowest BCUT2D eigenvalue weighted by atomic mass is 9.91. The van der Waals surface area contributed by atoms with Gasteiger partial charge in [-0.25, -0.2) is 9.97 Å². The van der Waals surface area contributed by atoms with Crippen molar-refractivity contribution in [3.63, 3.8) is 0 Å². The molecule has 2 aromatic rings. The number of rotatable bonds is 2. The van der Waals surface area contributed by atoms with Crippen molar-refractivity contribution in [1.82, 2.24) is 9.97 Å². The Hall–Kier alpha value is -1.13. The molecule has 1 N–H and O–H groups in total. The normalized spacial score (nSPS) is 11.6. The zero-order valence-corrected chi connectivity index (χ0v) is 15.2. The van der Waals surface area contributed by atoms with E-state index in [0.29, 0.717) is 5.82 Å². The van der Waals surface area contributed by atoms with Crippen LogP contribution in [0, 0.1) is 6.92 Å². The van der Waals surface area contributed by atoms with Crippen LogP contribution in [0.5, 0.6) is 0 Å². The molecule has 112 valence electrons. The number of nitrogens with zero attached hydrogens (tertiary/aromatic N) is 2. The van der Waals surface area contributed by atoms with Gasteiger partial charge in [-0.3, -0.25) is 0 Å². The van der Waals surface area contributed by atoms with Crippen LogP contribution in [0.2, 0.25) is 5.02 Å². The third kappa shape index (κ3) is 3.38. The van der Waals surface area contributed by atoms with Crippen LogP contribution >= 0.6 is 27.5 Å². The van der Waals surface area contributed by atoms with Gasteiger partial charge in [0, 0.05) is 23.0 Å². The first-order chi connectivity index (χ1) is 9.74. The SMILES string of the molecule is CNc1nc(-c2ccc(Cl)cc2C)nc(C(C)(C)C)c1Br. The molecule has 1 aromatic carbocycles. The number of anilines is 1. The van der Waals surface area contributed by atoms with Crippen molar-refractivity contribution < 1.29 is 0 Å². The molecule has 1 heterocycles. The van der Waals surface area contributed by atoms with Gasteiger partial charge >= 0.3 is 0 Å². The molecule has 0 fully saturated rings. The summed E-state index contributed by atoms with van der Waals surface area (Å²) < 4.78 is 0.910. The number of aromatic nitrogens is 2. The molecule has 0 aliphatic rings. The van der Waals surface area contributed by atoms with Crippen molar-refractivity contribution in [2.45, 2.75) is 33.1 Å². The summed E-state index contributed by atoms with van der Waals surface area (Å²) in [5, 5.41) is 3.85. The van der Waals surface area contributed by atoms with Gasteiger partial charge in [-0.15, -0.1) is 0 Å². The van der Waals surface area contributed by atoms with E-state index in [1.807, 2.05) is 32.2 Å². The molecule has 0 bridgehead atoms. The van der Waals surface area contributed by atoms with Crippen molar-refractivity contribution in [1.29, 1.82) is 0 Å². The van der Waals surface area contributed by atoms with Gasteiger partial charge < -0.3 is 5.32 Å². The minimum absolute atomic E-state index is 0.0809. The first-order valence-electron chi connectivity index (χ1n) is 6.76. The molecule has 5 heteroatoms. The van der Waals surface area contributed by atoms with Gasteiger partial charge in [0.05, 0.1) is 10.2 Å². The van der Waals surface area contributed by atoms with Gasteiger partial charge in [0.2, 0.25) is 0 Å². The lowest BCUT2D eigenvalue weighted by Crippen LogP contribution is -2.17. The summed E-state index contributed by atoms with van der Waals surface area (Å²) in [4.78, 5) is 9.39. The number of hydrogen-bond donors (Lipinski definition) is 1. The van der Waals surface area contributed by atoms with Crippen LogP contribution < -0.4 is 5.32 Å². The van der Waals surface area contributed by atoms with Crippen LogP contribution in [0.3, 0.4) is 0 Å². The first kappa shape index (κ1) is 16.2. The zero-order chi connectivity index (χ0) is 15.8. The molecule has 0 saturated carbocycles. The van der Waals surface area contributed by atoms with E-state index in [2.05, 4.69) is 47.0 Å². The summed E-state index contributed by atoms with van der Waals surface area (Å²) in [6.07, 6.45) is 0. The Kier molecular flexibility index (Phi) is 4.59. The monoisotopic (exact) mass is 367 g/mol. The van der Waals surface area contributed by atoms with Crippen molar-refractivity contribution in [3.8, 4) is 11.4 Å². The molecule has 0 aliphatic heterocycles. The third-order valence-electron chi connectivity index (χ3n) is 3.23. The molecule has 0 saturated heterocycles. The lowest BCUT2D eigenvalue weighted by molar-refractivity contribution is 0.564. The molecule has 0 amide bonds. The maximum Gasteiger partial charge on any atom is 0.162 e. The molecule has 0 atom stereocenters. The fourth-order valence-electron chi connectivity index (χ4n) is 2.11. The minimum Gasteiger partial charge on any atom is -0.372 e. The van der Waals surface area contributed by atoms with E-state index in [1.54, 1.807) is 0 Å². The van der Waals surface area contributed by atoms with Crippen LogP contribution in [0.25, 0.3) is 11.4 Å². The number of hydrogen-bond acceptors (Lipinski definition) is 3. The Morgan fingerprint density at radius 3 is 2.38 bits per heavy atom. The first-order valence-corrected chi connectivity index (χ1v) is 7.93. The molecule has 1 aromatic heterocycles. The summed E-state index contributed by atoms with van der Waals surface area (Å²) in [6, 6.07) is 5.76. The van der Waals surface area contributed by atoms with Crippen LogP contribution in [0.1, 0.15) is 32.0 Å². The predicted octanol–water partition coefficient (Wildman–Crippen LogP) is 5.21. The summed E-state index contributed by atoms with van der Waals surface area (Å²) >= 11 is 9.64. The van der Waals surface area contributed by atoms with Crippen LogP contribution in [-0.2, 0) is 5.41 Å². The Morgan fingerprint density at radius 1 is 1.19 bits per heavy atom. The standard InChI is InChI=1S/C16H19BrClN3/c1-9-8-10(18)6-7-11(9)14-20-13(16(2,3)4)12(17)15(19-5)21-14/h6-8H,1-5H3,(H,19,20,21). The van der Waals surface area contributed by atoms with Crippen molar-refractivity contribution in [2.75, 3.05) is 12.4 Å². The van der Waals surface area contributed by atoms with Gasteiger partial charge in [0.25, 0.3) is 0 Å². The Bertz CT molecular complexity index is 678. The van der Waals surface area contributed by atoms with Crippen LogP contribution in [-0.4, -0.2) is 17.0 Å². The van der Waals surface area contributed by atoms with Crippen LogP contribution in [0.4, 0.5) is 5.82 Å². The Labute approximate surface area is 139 Å².